The van der Waals surface area contributed by atoms with Gasteiger partial charge in [-0.25, -0.2) is 4.57 Å². The van der Waals surface area contributed by atoms with Crippen molar-refractivity contribution >= 4 is 19.2 Å². The van der Waals surface area contributed by atoms with E-state index in [1.165, 1.54) is 12.1 Å². The van der Waals surface area contributed by atoms with Crippen molar-refractivity contribution in [3.63, 3.8) is 0 Å². The number of anilines is 1. The Labute approximate surface area is 97.5 Å². The summed E-state index contributed by atoms with van der Waals surface area (Å²) in [4.78, 5) is 33.3. The maximum atomic E-state index is 10.3. The molecular weight excluding hydrogens is 251 g/mol. The van der Waals surface area contributed by atoms with Crippen molar-refractivity contribution in [2.24, 2.45) is 0 Å². The lowest BCUT2D eigenvalue weighted by Crippen LogP contribution is -2.08. The minimum Gasteiger partial charge on any atom is -0.378 e. The van der Waals surface area contributed by atoms with E-state index in [-0.39, 0.29) is 5.69 Å². The molecule has 1 aromatic rings. The van der Waals surface area contributed by atoms with Crippen LogP contribution in [0.5, 0.6) is 0 Å². The molecule has 0 aromatic heterocycles. The van der Waals surface area contributed by atoms with Crippen LogP contribution in [0.25, 0.3) is 0 Å². The van der Waals surface area contributed by atoms with Crippen LogP contribution in [0.1, 0.15) is 0 Å². The van der Waals surface area contributed by atoms with Crippen LogP contribution in [0.15, 0.2) is 24.3 Å². The highest BCUT2D eigenvalue weighted by Crippen LogP contribution is 2.25. The molecule has 0 heterocycles. The largest absolute Gasteiger partial charge is 0.466 e. The number of nitro groups is 1. The first-order valence-electron chi connectivity index (χ1n) is 4.31. The molecule has 0 fully saturated rings. The molecule has 96 valence electrons. The highest BCUT2D eigenvalue weighted by atomic mass is 31.2. The van der Waals surface area contributed by atoms with Crippen LogP contribution in [0.2, 0.25) is 0 Å². The molecule has 0 bridgehead atoms. The third-order valence-corrected chi connectivity index (χ3v) is 1.58. The van der Waals surface area contributed by atoms with Crippen LogP contribution < -0.4 is 4.90 Å². The van der Waals surface area contributed by atoms with Gasteiger partial charge in [-0.15, -0.1) is 0 Å². The third kappa shape index (κ3) is 8.35. The van der Waals surface area contributed by atoms with Crippen molar-refractivity contribution in [2.75, 3.05) is 19.0 Å². The van der Waals surface area contributed by atoms with E-state index in [9.17, 15) is 10.1 Å². The Kier molecular flexibility index (Phi) is 5.77. The first-order chi connectivity index (χ1) is 7.61. The highest BCUT2D eigenvalue weighted by molar-refractivity contribution is 7.45. The lowest BCUT2D eigenvalue weighted by Gasteiger charge is -2.10. The fourth-order valence-electron chi connectivity index (χ4n) is 0.872. The fraction of sp³-hybridized carbons (Fsp3) is 0.250. The Balaban J connectivity index is 0.000000437. The average Bonchev–Trinajstić information content (AvgIpc) is 2.15. The zero-order chi connectivity index (χ0) is 13.6. The lowest BCUT2D eigenvalue weighted by atomic mass is 10.3. The molecule has 0 atom stereocenters. The molecule has 0 aliphatic carbocycles. The molecule has 0 amide bonds. The van der Waals surface area contributed by atoms with E-state index in [1.807, 2.05) is 19.0 Å². The Morgan fingerprint density at radius 3 is 1.76 bits per heavy atom. The van der Waals surface area contributed by atoms with Gasteiger partial charge in [-0.3, -0.25) is 10.1 Å². The van der Waals surface area contributed by atoms with Gasteiger partial charge in [0.05, 0.1) is 4.92 Å². The third-order valence-electron chi connectivity index (χ3n) is 1.58. The topological polar surface area (TPSA) is 124 Å². The molecule has 8 nitrogen and oxygen atoms in total. The number of benzene rings is 1. The maximum absolute atomic E-state index is 10.3. The van der Waals surface area contributed by atoms with Gasteiger partial charge >= 0.3 is 7.82 Å². The molecule has 1 rings (SSSR count). The van der Waals surface area contributed by atoms with Crippen molar-refractivity contribution in [3.05, 3.63) is 34.4 Å². The molecule has 9 heteroatoms. The Morgan fingerprint density at radius 2 is 1.53 bits per heavy atom. The summed E-state index contributed by atoms with van der Waals surface area (Å²) in [6.45, 7) is 0. The Morgan fingerprint density at radius 1 is 1.18 bits per heavy atom. The molecule has 3 N–H and O–H groups in total. The van der Waals surface area contributed by atoms with Gasteiger partial charge in [0, 0.05) is 31.9 Å². The first-order valence-corrected chi connectivity index (χ1v) is 5.88. The summed E-state index contributed by atoms with van der Waals surface area (Å²) in [5.74, 6) is 0. The van der Waals surface area contributed by atoms with E-state index in [1.54, 1.807) is 12.1 Å². The summed E-state index contributed by atoms with van der Waals surface area (Å²) in [5.41, 5.74) is 1.08. The molecule has 0 saturated carbocycles. The number of nitrogens with zero attached hydrogens (tertiary/aromatic N) is 2. The summed E-state index contributed by atoms with van der Waals surface area (Å²) >= 11 is 0. The van der Waals surface area contributed by atoms with Crippen LogP contribution >= 0.6 is 7.82 Å². The zero-order valence-corrected chi connectivity index (χ0v) is 10.1. The molecule has 0 radical (unpaired) electrons. The van der Waals surface area contributed by atoms with Crippen LogP contribution in [-0.2, 0) is 4.57 Å². The fourth-order valence-corrected chi connectivity index (χ4v) is 0.872. The van der Waals surface area contributed by atoms with E-state index in [0.717, 1.165) is 5.69 Å². The Hall–Kier alpha value is -1.47. The van der Waals surface area contributed by atoms with Gasteiger partial charge in [0.1, 0.15) is 0 Å². The minimum atomic E-state index is -4.64. The molecule has 0 saturated heterocycles. The molecule has 1 aromatic carbocycles. The summed E-state index contributed by atoms with van der Waals surface area (Å²) in [5, 5.41) is 10.3. The molecule has 0 spiro atoms. The summed E-state index contributed by atoms with van der Waals surface area (Å²) in [6, 6.07) is 6.43. The monoisotopic (exact) mass is 264 g/mol. The van der Waals surface area contributed by atoms with Gasteiger partial charge in [0.25, 0.3) is 5.69 Å². The first kappa shape index (κ1) is 15.5. The quantitative estimate of drug-likeness (QED) is 0.408. The van der Waals surface area contributed by atoms with Gasteiger partial charge in [-0.2, -0.15) is 0 Å². The second kappa shape index (κ2) is 6.31. The van der Waals surface area contributed by atoms with E-state index >= 15 is 0 Å². The van der Waals surface area contributed by atoms with Gasteiger partial charge in [0.2, 0.25) is 0 Å². The van der Waals surface area contributed by atoms with Crippen molar-refractivity contribution in [3.8, 4) is 0 Å². The van der Waals surface area contributed by atoms with Crippen molar-refractivity contribution in [1.29, 1.82) is 0 Å². The molecule has 0 unspecified atom stereocenters. The van der Waals surface area contributed by atoms with Crippen LogP contribution in [0, 0.1) is 10.1 Å². The van der Waals surface area contributed by atoms with Crippen LogP contribution in [-0.4, -0.2) is 33.7 Å². The Bertz CT molecular complexity index is 404. The number of phosphoric acid groups is 1. The predicted octanol–water partition coefficient (Wildman–Crippen LogP) is 0.732. The van der Waals surface area contributed by atoms with E-state index in [0.29, 0.717) is 0 Å². The number of rotatable bonds is 2. The second-order valence-electron chi connectivity index (χ2n) is 3.18. The van der Waals surface area contributed by atoms with Crippen molar-refractivity contribution in [2.45, 2.75) is 0 Å². The smallest absolute Gasteiger partial charge is 0.378 e. The van der Waals surface area contributed by atoms with Crippen LogP contribution in [0.4, 0.5) is 11.4 Å². The summed E-state index contributed by atoms with van der Waals surface area (Å²) < 4.78 is 8.88. The van der Waals surface area contributed by atoms with Gasteiger partial charge < -0.3 is 19.6 Å². The number of hydrogen-bond acceptors (Lipinski definition) is 4. The predicted molar refractivity (Wildman–Crippen MR) is 61.7 cm³/mol. The van der Waals surface area contributed by atoms with E-state index in [4.69, 9.17) is 19.2 Å². The molecule has 0 aliphatic heterocycles. The summed E-state index contributed by atoms with van der Waals surface area (Å²) in [7, 11) is -0.859. The van der Waals surface area contributed by atoms with Crippen molar-refractivity contribution in [1.82, 2.24) is 0 Å². The maximum Gasteiger partial charge on any atom is 0.466 e. The molecule has 0 aliphatic rings. The number of hydrogen-bond donors (Lipinski definition) is 3. The normalized spacial score (nSPS) is 10.2. The SMILES string of the molecule is CN(C)c1ccc([N+](=O)[O-])cc1.O=P(O)(O)O. The van der Waals surface area contributed by atoms with Crippen molar-refractivity contribution < 1.29 is 24.2 Å². The average molecular weight is 264 g/mol. The standard InChI is InChI=1S/C8H10N2O2.H3O4P/c1-9(2)7-3-5-8(6-4-7)10(11)12;1-5(2,3)4/h3-6H,1-2H3;(H3,1,2,3,4). The highest BCUT2D eigenvalue weighted by Gasteiger charge is 2.03. The molecular formula is C8H13N2O6P. The van der Waals surface area contributed by atoms with Gasteiger partial charge in [0.15, 0.2) is 0 Å². The van der Waals surface area contributed by atoms with Crippen LogP contribution in [0.3, 0.4) is 0 Å². The lowest BCUT2D eigenvalue weighted by molar-refractivity contribution is -0.384. The van der Waals surface area contributed by atoms with Gasteiger partial charge in [-0.05, 0) is 12.1 Å². The zero-order valence-electron chi connectivity index (χ0n) is 9.22. The van der Waals surface area contributed by atoms with E-state index < -0.39 is 12.7 Å². The molecule has 17 heavy (non-hydrogen) atoms. The van der Waals surface area contributed by atoms with Gasteiger partial charge in [-0.1, -0.05) is 0 Å². The minimum absolute atomic E-state index is 0.126. The summed E-state index contributed by atoms with van der Waals surface area (Å²) in [6.07, 6.45) is 0. The second-order valence-corrected chi connectivity index (χ2v) is 4.21. The number of nitro benzene ring substituents is 1. The van der Waals surface area contributed by atoms with E-state index in [2.05, 4.69) is 0 Å². The number of non-ortho nitro benzene ring substituents is 1.